The molecule has 8 nitrogen and oxygen atoms in total. The molecule has 1 heterocycles. The van der Waals surface area contributed by atoms with Crippen LogP contribution in [0.4, 0.5) is 10.5 Å². The quantitative estimate of drug-likeness (QED) is 0.458. The third kappa shape index (κ3) is 7.71. The molecular weight excluding hydrogens is 504 g/mol. The fraction of sp³-hybridized carbons (Fsp3) is 0.655. The number of rotatable bonds is 7. The summed E-state index contributed by atoms with van der Waals surface area (Å²) in [4.78, 5) is 44.2. The Hall–Kier alpha value is -2.61. The highest BCUT2D eigenvalue weighted by Gasteiger charge is 2.31. The molecule has 1 aliphatic heterocycles. The summed E-state index contributed by atoms with van der Waals surface area (Å²) in [6.45, 7) is 14.5. The van der Waals surface area contributed by atoms with Gasteiger partial charge in [-0.2, -0.15) is 0 Å². The summed E-state index contributed by atoms with van der Waals surface area (Å²) >= 11 is 6.51. The van der Waals surface area contributed by atoms with Gasteiger partial charge in [0.15, 0.2) is 0 Å². The molecule has 2 aliphatic rings. The lowest BCUT2D eigenvalue weighted by atomic mass is 9.86. The van der Waals surface area contributed by atoms with Gasteiger partial charge in [-0.1, -0.05) is 18.5 Å². The molecule has 1 aromatic rings. The van der Waals surface area contributed by atoms with Gasteiger partial charge in [-0.05, 0) is 97.3 Å². The van der Waals surface area contributed by atoms with Crippen molar-refractivity contribution >= 4 is 40.9 Å². The summed E-state index contributed by atoms with van der Waals surface area (Å²) < 4.78 is 5.41. The number of carbonyl (C=O) groups excluding carboxylic acids is 3. The Morgan fingerprint density at radius 1 is 1.16 bits per heavy atom. The molecule has 2 N–H and O–H groups in total. The van der Waals surface area contributed by atoms with E-state index >= 15 is 0 Å². The molecule has 0 bridgehead atoms. The van der Waals surface area contributed by atoms with Gasteiger partial charge in [0.25, 0.3) is 11.8 Å². The highest BCUT2D eigenvalue weighted by Crippen LogP contribution is 2.34. The van der Waals surface area contributed by atoms with E-state index < -0.39 is 5.60 Å². The average Bonchev–Trinajstić information content (AvgIpc) is 2.80. The number of hydrogen-bond acceptors (Lipinski definition) is 5. The van der Waals surface area contributed by atoms with Crippen LogP contribution in [0, 0.1) is 18.8 Å². The number of nitrogens with one attached hydrogen (secondary N) is 2. The molecule has 9 heteroatoms. The Kier molecular flexibility index (Phi) is 9.85. The van der Waals surface area contributed by atoms with Crippen LogP contribution < -0.4 is 15.5 Å². The number of aliphatic imine (C=N–C) groups is 1. The Morgan fingerprint density at radius 2 is 1.82 bits per heavy atom. The second-order valence-electron chi connectivity index (χ2n) is 11.7. The molecule has 0 aromatic heterocycles. The summed E-state index contributed by atoms with van der Waals surface area (Å²) in [7, 11) is 0. The van der Waals surface area contributed by atoms with E-state index in [-0.39, 0.29) is 48.4 Å². The van der Waals surface area contributed by atoms with Crippen LogP contribution in [0.2, 0.25) is 5.02 Å². The van der Waals surface area contributed by atoms with Crippen LogP contribution in [0.3, 0.4) is 0 Å². The van der Waals surface area contributed by atoms with E-state index in [1.807, 2.05) is 47.6 Å². The summed E-state index contributed by atoms with van der Waals surface area (Å²) in [5, 5.41) is 6.46. The maximum Gasteiger partial charge on any atom is 0.407 e. The first kappa shape index (κ1) is 29.9. The normalized spacial score (nSPS) is 23.9. The van der Waals surface area contributed by atoms with Gasteiger partial charge in [-0.15, -0.1) is 0 Å². The minimum atomic E-state index is -0.522. The van der Waals surface area contributed by atoms with Crippen molar-refractivity contribution in [1.82, 2.24) is 10.6 Å². The van der Waals surface area contributed by atoms with E-state index in [1.165, 1.54) is 0 Å². The van der Waals surface area contributed by atoms with Crippen LogP contribution in [0.15, 0.2) is 17.1 Å². The van der Waals surface area contributed by atoms with Gasteiger partial charge < -0.3 is 20.3 Å². The first-order valence-electron chi connectivity index (χ1n) is 13.7. The second-order valence-corrected chi connectivity index (χ2v) is 12.2. The minimum absolute atomic E-state index is 0.0830. The van der Waals surface area contributed by atoms with Crippen molar-refractivity contribution in [2.45, 2.75) is 98.3 Å². The number of benzene rings is 1. The fourth-order valence-corrected chi connectivity index (χ4v) is 5.80. The first-order chi connectivity index (χ1) is 17.8. The summed E-state index contributed by atoms with van der Waals surface area (Å²) in [6, 6.07) is 3.97. The monoisotopic (exact) mass is 546 g/mol. The molecule has 3 rings (SSSR count). The number of anilines is 1. The third-order valence-electron chi connectivity index (χ3n) is 7.50. The van der Waals surface area contributed by atoms with Crippen LogP contribution in [0.5, 0.6) is 0 Å². The van der Waals surface area contributed by atoms with Gasteiger partial charge in [0.05, 0.1) is 5.92 Å². The lowest BCUT2D eigenvalue weighted by Crippen LogP contribution is -2.45. The fourth-order valence-electron chi connectivity index (χ4n) is 5.58. The molecular formula is C29H43ClN4O4. The van der Waals surface area contributed by atoms with Gasteiger partial charge in [0.2, 0.25) is 0 Å². The van der Waals surface area contributed by atoms with Crippen molar-refractivity contribution in [3.8, 4) is 0 Å². The van der Waals surface area contributed by atoms with E-state index in [0.717, 1.165) is 55.6 Å². The summed E-state index contributed by atoms with van der Waals surface area (Å²) in [6.07, 6.45) is 3.90. The highest BCUT2D eigenvalue weighted by molar-refractivity contribution is 6.31. The first-order valence-corrected chi connectivity index (χ1v) is 14.1. The smallest absolute Gasteiger partial charge is 0.407 e. The van der Waals surface area contributed by atoms with Crippen molar-refractivity contribution in [3.63, 3.8) is 0 Å². The summed E-state index contributed by atoms with van der Waals surface area (Å²) in [5.41, 5.74) is 2.64. The number of halogens is 1. The van der Waals surface area contributed by atoms with Gasteiger partial charge >= 0.3 is 6.09 Å². The molecule has 1 saturated carbocycles. The molecule has 1 fully saturated rings. The van der Waals surface area contributed by atoms with Crippen molar-refractivity contribution < 1.29 is 19.1 Å². The zero-order valence-electron chi connectivity index (χ0n) is 23.8. The number of ether oxygens (including phenoxy) is 1. The van der Waals surface area contributed by atoms with Crippen molar-refractivity contribution in [1.29, 1.82) is 0 Å². The van der Waals surface area contributed by atoms with Gasteiger partial charge in [-0.25, -0.2) is 9.79 Å². The van der Waals surface area contributed by atoms with Gasteiger partial charge in [0.1, 0.15) is 5.60 Å². The standard InChI is InChI=1S/C29H43ClN4O4/c1-8-34(22-11-9-21(10-12-22)33-28(37)38-29(5,6)7)25-15-20(30)14-23(19(25)4)26(35)31-16-24-17(2)13-18(3)32-27(24)36/h14-15,17,21-22,24H,8-13,16H2,1-7H3,(H,31,35)(H,33,37)/t17?,21-,22+,24?. The zero-order valence-corrected chi connectivity index (χ0v) is 24.6. The van der Waals surface area contributed by atoms with Crippen LogP contribution in [0.25, 0.3) is 0 Å². The topological polar surface area (TPSA) is 100 Å². The van der Waals surface area contributed by atoms with E-state index in [1.54, 1.807) is 6.07 Å². The number of nitrogens with zero attached hydrogens (tertiary/aromatic N) is 2. The van der Waals surface area contributed by atoms with Gasteiger partial charge in [-0.3, -0.25) is 9.59 Å². The predicted molar refractivity (Wildman–Crippen MR) is 152 cm³/mol. The van der Waals surface area contributed by atoms with Crippen molar-refractivity contribution in [2.24, 2.45) is 16.8 Å². The van der Waals surface area contributed by atoms with E-state index in [0.29, 0.717) is 10.6 Å². The van der Waals surface area contributed by atoms with Crippen LogP contribution >= 0.6 is 11.6 Å². The number of amides is 3. The number of alkyl carbamates (subject to hydrolysis) is 1. The molecule has 0 spiro atoms. The second kappa shape index (κ2) is 12.5. The highest BCUT2D eigenvalue weighted by atomic mass is 35.5. The Morgan fingerprint density at radius 3 is 2.39 bits per heavy atom. The molecule has 3 amide bonds. The number of carbonyl (C=O) groups is 3. The Balaban J connectivity index is 1.67. The van der Waals surface area contributed by atoms with Crippen LogP contribution in [-0.4, -0.2) is 54.4 Å². The molecule has 2 unspecified atom stereocenters. The van der Waals surface area contributed by atoms with Crippen LogP contribution in [-0.2, 0) is 9.53 Å². The third-order valence-corrected chi connectivity index (χ3v) is 7.72. The maximum atomic E-state index is 13.2. The minimum Gasteiger partial charge on any atom is -0.444 e. The predicted octanol–water partition coefficient (Wildman–Crippen LogP) is 5.68. The molecule has 2 atom stereocenters. The molecule has 1 aliphatic carbocycles. The summed E-state index contributed by atoms with van der Waals surface area (Å²) in [5.74, 6) is -0.595. The lowest BCUT2D eigenvalue weighted by molar-refractivity contribution is -0.123. The van der Waals surface area contributed by atoms with E-state index in [9.17, 15) is 14.4 Å². The van der Waals surface area contributed by atoms with Crippen LogP contribution in [0.1, 0.15) is 89.6 Å². The van der Waals surface area contributed by atoms with E-state index in [4.69, 9.17) is 16.3 Å². The molecule has 0 radical (unpaired) electrons. The SMILES string of the molecule is CCN(c1cc(Cl)cc(C(=O)NCC2C(=O)N=C(C)CC2C)c1C)[C@H]1CC[C@@H](NC(=O)OC(C)(C)C)CC1. The zero-order chi connectivity index (χ0) is 28.2. The number of hydrogen-bond donors (Lipinski definition) is 2. The van der Waals surface area contributed by atoms with Crippen molar-refractivity contribution in [2.75, 3.05) is 18.0 Å². The average molecular weight is 547 g/mol. The van der Waals surface area contributed by atoms with E-state index in [2.05, 4.69) is 27.4 Å². The molecule has 210 valence electrons. The Labute approximate surface area is 231 Å². The largest absolute Gasteiger partial charge is 0.444 e. The molecule has 1 aromatic carbocycles. The van der Waals surface area contributed by atoms with Gasteiger partial charge in [0, 0.05) is 47.2 Å². The molecule has 38 heavy (non-hydrogen) atoms. The lowest BCUT2D eigenvalue weighted by Gasteiger charge is -2.39. The maximum absolute atomic E-state index is 13.2. The Bertz CT molecular complexity index is 1070. The van der Waals surface area contributed by atoms with Crippen molar-refractivity contribution in [3.05, 3.63) is 28.3 Å². The molecule has 0 saturated heterocycles.